The topological polar surface area (TPSA) is 30.7 Å². The Labute approximate surface area is 203 Å². The molecule has 0 saturated heterocycles. The zero-order valence-corrected chi connectivity index (χ0v) is 19.9. The Morgan fingerprint density at radius 1 is 0.765 bits per heavy atom. The van der Waals surface area contributed by atoms with Crippen LogP contribution in [0, 0.1) is 0 Å². The molecule has 4 heteroatoms. The van der Waals surface area contributed by atoms with Crippen LogP contribution in [-0.4, -0.2) is 17.5 Å². The minimum absolute atomic E-state index is 0.344. The second-order valence-electron chi connectivity index (χ2n) is 8.63. The van der Waals surface area contributed by atoms with Crippen molar-refractivity contribution in [1.29, 1.82) is 0 Å². The first kappa shape index (κ1) is 19.6. The summed E-state index contributed by atoms with van der Waals surface area (Å²) in [5.41, 5.74) is 6.11. The van der Waals surface area contributed by atoms with Crippen molar-refractivity contribution >= 4 is 70.8 Å². The molecule has 2 aromatic heterocycles. The average molecular weight is 504 g/mol. The predicted octanol–water partition coefficient (Wildman–Crippen LogP) is 8.21. The summed E-state index contributed by atoms with van der Waals surface area (Å²) in [4.78, 5) is 12.4. The Bertz CT molecular complexity index is 1930. The fourth-order valence-corrected chi connectivity index (χ4v) is 5.83. The van der Waals surface area contributed by atoms with Crippen molar-refractivity contribution in [3.8, 4) is 11.1 Å². The van der Waals surface area contributed by atoms with Crippen LogP contribution in [0.15, 0.2) is 95.5 Å². The average Bonchev–Trinajstić information content (AvgIpc) is 3.40. The molecule has 162 valence electrons. The number of carbonyl (C=O) groups excluding carboxylic acids is 1. The van der Waals surface area contributed by atoms with Crippen molar-refractivity contribution in [2.45, 2.75) is 0 Å². The zero-order chi connectivity index (χ0) is 23.0. The van der Waals surface area contributed by atoms with Gasteiger partial charge in [0.05, 0.1) is 29.2 Å². The SMILES string of the molecule is COC(=O)c1cc(Br)ccc1-c1ccc2c(ccc3c2c2cccc4c5ccccc5n3c42)c1. The number of para-hydroxylation sites is 2. The van der Waals surface area contributed by atoms with Crippen molar-refractivity contribution < 1.29 is 9.53 Å². The van der Waals surface area contributed by atoms with Gasteiger partial charge in [-0.3, -0.25) is 0 Å². The van der Waals surface area contributed by atoms with Gasteiger partial charge in [-0.05, 0) is 52.2 Å². The van der Waals surface area contributed by atoms with E-state index < -0.39 is 0 Å². The Balaban J connectivity index is 1.55. The fourth-order valence-electron chi connectivity index (χ4n) is 5.47. The lowest BCUT2D eigenvalue weighted by molar-refractivity contribution is 0.0601. The molecule has 5 aromatic carbocycles. The van der Waals surface area contributed by atoms with Gasteiger partial charge in [0.15, 0.2) is 0 Å². The lowest BCUT2D eigenvalue weighted by Crippen LogP contribution is -2.03. The molecule has 0 aliphatic heterocycles. The molecule has 0 N–H and O–H groups in total. The van der Waals surface area contributed by atoms with Gasteiger partial charge in [-0.15, -0.1) is 0 Å². The zero-order valence-electron chi connectivity index (χ0n) is 18.3. The normalized spacial score (nSPS) is 11.9. The van der Waals surface area contributed by atoms with Crippen LogP contribution in [-0.2, 0) is 4.74 Å². The second-order valence-corrected chi connectivity index (χ2v) is 9.55. The minimum Gasteiger partial charge on any atom is -0.465 e. The van der Waals surface area contributed by atoms with Crippen LogP contribution in [0.4, 0.5) is 0 Å². The molecule has 7 aromatic rings. The summed E-state index contributed by atoms with van der Waals surface area (Å²) in [6.45, 7) is 0. The van der Waals surface area contributed by atoms with E-state index in [1.54, 1.807) is 0 Å². The monoisotopic (exact) mass is 503 g/mol. The molecule has 0 bridgehead atoms. The molecule has 2 heterocycles. The molecule has 34 heavy (non-hydrogen) atoms. The molecular weight excluding hydrogens is 486 g/mol. The van der Waals surface area contributed by atoms with Gasteiger partial charge >= 0.3 is 5.97 Å². The Morgan fingerprint density at radius 2 is 1.59 bits per heavy atom. The number of rotatable bonds is 2. The maximum atomic E-state index is 12.4. The van der Waals surface area contributed by atoms with Crippen LogP contribution in [0.3, 0.4) is 0 Å². The third-order valence-corrected chi connectivity index (χ3v) is 7.39. The van der Waals surface area contributed by atoms with Crippen molar-refractivity contribution in [2.24, 2.45) is 0 Å². The van der Waals surface area contributed by atoms with Gasteiger partial charge in [0.1, 0.15) is 0 Å². The van der Waals surface area contributed by atoms with Crippen molar-refractivity contribution in [1.82, 2.24) is 4.40 Å². The summed E-state index contributed by atoms with van der Waals surface area (Å²) < 4.78 is 8.27. The maximum absolute atomic E-state index is 12.4. The second kappa shape index (κ2) is 7.05. The van der Waals surface area contributed by atoms with E-state index in [-0.39, 0.29) is 5.97 Å². The molecule has 0 aliphatic carbocycles. The van der Waals surface area contributed by atoms with Crippen molar-refractivity contribution in [3.05, 3.63) is 101 Å². The number of hydrogen-bond donors (Lipinski definition) is 0. The Hall–Kier alpha value is -3.89. The molecule has 0 saturated carbocycles. The summed E-state index contributed by atoms with van der Waals surface area (Å²) in [6, 6.07) is 31.8. The van der Waals surface area contributed by atoms with E-state index in [2.05, 4.69) is 93.1 Å². The van der Waals surface area contributed by atoms with Gasteiger partial charge < -0.3 is 9.14 Å². The summed E-state index contributed by atoms with van der Waals surface area (Å²) in [6.07, 6.45) is 0. The summed E-state index contributed by atoms with van der Waals surface area (Å²) in [5.74, 6) is -0.344. The van der Waals surface area contributed by atoms with Crippen LogP contribution in [0.2, 0.25) is 0 Å². The van der Waals surface area contributed by atoms with Gasteiger partial charge in [-0.2, -0.15) is 0 Å². The summed E-state index contributed by atoms with van der Waals surface area (Å²) in [5, 5.41) is 7.44. The van der Waals surface area contributed by atoms with E-state index in [0.717, 1.165) is 21.0 Å². The molecule has 3 nitrogen and oxygen atoms in total. The first-order chi connectivity index (χ1) is 16.7. The number of ether oxygens (including phenoxy) is 1. The molecule has 0 spiro atoms. The smallest absolute Gasteiger partial charge is 0.338 e. The number of benzene rings is 5. The lowest BCUT2D eigenvalue weighted by Gasteiger charge is -2.11. The number of nitrogens with zero attached hydrogens (tertiary/aromatic N) is 1. The van der Waals surface area contributed by atoms with Crippen LogP contribution in [0.5, 0.6) is 0 Å². The van der Waals surface area contributed by atoms with Crippen LogP contribution < -0.4 is 0 Å². The molecular formula is C30H18BrNO2. The number of fused-ring (bicyclic) bond motifs is 8. The fraction of sp³-hybridized carbons (Fsp3) is 0.0333. The number of aromatic nitrogens is 1. The summed E-state index contributed by atoms with van der Waals surface area (Å²) >= 11 is 3.47. The van der Waals surface area contributed by atoms with Crippen LogP contribution in [0.25, 0.3) is 60.0 Å². The van der Waals surface area contributed by atoms with Gasteiger partial charge in [-0.1, -0.05) is 76.6 Å². The minimum atomic E-state index is -0.344. The third kappa shape index (κ3) is 2.54. The maximum Gasteiger partial charge on any atom is 0.338 e. The van der Waals surface area contributed by atoms with E-state index in [0.29, 0.717) is 5.56 Å². The number of halogens is 1. The van der Waals surface area contributed by atoms with E-state index >= 15 is 0 Å². The number of carbonyl (C=O) groups is 1. The van der Waals surface area contributed by atoms with Crippen molar-refractivity contribution in [2.75, 3.05) is 7.11 Å². The highest BCUT2D eigenvalue weighted by atomic mass is 79.9. The number of esters is 1. The van der Waals surface area contributed by atoms with E-state index in [4.69, 9.17) is 4.74 Å². The van der Waals surface area contributed by atoms with Gasteiger partial charge in [0.25, 0.3) is 0 Å². The molecule has 0 amide bonds. The Morgan fingerprint density at radius 3 is 2.47 bits per heavy atom. The van der Waals surface area contributed by atoms with Gasteiger partial charge in [0, 0.05) is 26.0 Å². The third-order valence-electron chi connectivity index (χ3n) is 6.90. The quantitative estimate of drug-likeness (QED) is 0.222. The van der Waals surface area contributed by atoms with Crippen LogP contribution >= 0.6 is 15.9 Å². The predicted molar refractivity (Wildman–Crippen MR) is 143 cm³/mol. The highest BCUT2D eigenvalue weighted by Crippen LogP contribution is 2.42. The highest BCUT2D eigenvalue weighted by molar-refractivity contribution is 9.10. The molecule has 0 atom stereocenters. The Kier molecular flexibility index (Phi) is 4.06. The molecule has 0 fully saturated rings. The highest BCUT2D eigenvalue weighted by Gasteiger charge is 2.19. The first-order valence-electron chi connectivity index (χ1n) is 11.1. The lowest BCUT2D eigenvalue weighted by atomic mass is 9.95. The number of hydrogen-bond acceptors (Lipinski definition) is 2. The molecule has 0 aliphatic rings. The van der Waals surface area contributed by atoms with Gasteiger partial charge in [0.2, 0.25) is 0 Å². The van der Waals surface area contributed by atoms with E-state index in [9.17, 15) is 4.79 Å². The summed E-state index contributed by atoms with van der Waals surface area (Å²) in [7, 11) is 1.41. The van der Waals surface area contributed by atoms with Gasteiger partial charge in [-0.25, -0.2) is 4.79 Å². The molecule has 0 unspecified atom stereocenters. The van der Waals surface area contributed by atoms with E-state index in [1.165, 1.54) is 50.6 Å². The van der Waals surface area contributed by atoms with Crippen LogP contribution in [0.1, 0.15) is 10.4 Å². The molecule has 7 rings (SSSR count). The standard InChI is InChI=1S/C30H18BrNO2/c1-34-30(33)25-16-19(31)11-13-20(25)17-9-12-21-18(15-17)10-14-27-28(21)24-7-4-6-23-22-5-2-3-8-26(22)32(27)29(23)24/h2-16H,1H3. The van der Waals surface area contributed by atoms with E-state index in [1.807, 2.05) is 18.2 Å². The number of methoxy groups -OCH3 is 1. The molecule has 0 radical (unpaired) electrons. The largest absolute Gasteiger partial charge is 0.465 e. The van der Waals surface area contributed by atoms with Crippen molar-refractivity contribution in [3.63, 3.8) is 0 Å². The first-order valence-corrected chi connectivity index (χ1v) is 11.9.